The van der Waals surface area contributed by atoms with Crippen molar-refractivity contribution in [2.45, 2.75) is 51.3 Å². The van der Waals surface area contributed by atoms with E-state index in [-0.39, 0.29) is 10.5 Å². The van der Waals surface area contributed by atoms with E-state index in [2.05, 4.69) is 22.2 Å². The van der Waals surface area contributed by atoms with Crippen molar-refractivity contribution in [1.82, 2.24) is 5.43 Å². The van der Waals surface area contributed by atoms with Gasteiger partial charge < -0.3 is 4.74 Å². The SMILES string of the molecule is CCCCCCOc1ccc(/C=N\NC(=O)c2cccc(S(=O)(=O)Nc3ccc(C)cc3C)c2)cc1. The molecular weight excluding hydrogens is 474 g/mol. The molecule has 0 aliphatic heterocycles. The summed E-state index contributed by atoms with van der Waals surface area (Å²) in [7, 11) is -3.86. The van der Waals surface area contributed by atoms with Gasteiger partial charge in [0.1, 0.15) is 5.75 Å². The molecule has 0 atom stereocenters. The van der Waals surface area contributed by atoms with Crippen molar-refractivity contribution >= 4 is 27.8 Å². The maximum Gasteiger partial charge on any atom is 0.271 e. The van der Waals surface area contributed by atoms with Gasteiger partial charge in [-0.3, -0.25) is 9.52 Å². The van der Waals surface area contributed by atoms with E-state index in [0.717, 1.165) is 28.9 Å². The largest absolute Gasteiger partial charge is 0.494 e. The van der Waals surface area contributed by atoms with Gasteiger partial charge in [-0.25, -0.2) is 13.8 Å². The first-order valence-electron chi connectivity index (χ1n) is 12.0. The van der Waals surface area contributed by atoms with Crippen LogP contribution in [-0.2, 0) is 10.0 Å². The third kappa shape index (κ3) is 7.95. The third-order valence-electron chi connectivity index (χ3n) is 5.56. The van der Waals surface area contributed by atoms with E-state index in [4.69, 9.17) is 4.74 Å². The highest BCUT2D eigenvalue weighted by molar-refractivity contribution is 7.92. The van der Waals surface area contributed by atoms with Crippen LogP contribution < -0.4 is 14.9 Å². The van der Waals surface area contributed by atoms with Crippen molar-refractivity contribution in [2.24, 2.45) is 5.10 Å². The van der Waals surface area contributed by atoms with Crippen LogP contribution in [0.4, 0.5) is 5.69 Å². The number of hydrogen-bond donors (Lipinski definition) is 2. The van der Waals surface area contributed by atoms with Gasteiger partial charge in [-0.05, 0) is 79.9 Å². The number of benzene rings is 3. The Balaban J connectivity index is 1.58. The number of aryl methyl sites for hydroxylation is 2. The van der Waals surface area contributed by atoms with Crippen LogP contribution >= 0.6 is 0 Å². The number of carbonyl (C=O) groups is 1. The molecule has 3 aromatic rings. The van der Waals surface area contributed by atoms with Crippen LogP contribution in [0, 0.1) is 13.8 Å². The molecule has 0 fully saturated rings. The number of hydrazone groups is 1. The van der Waals surface area contributed by atoms with Gasteiger partial charge in [0.25, 0.3) is 15.9 Å². The summed E-state index contributed by atoms with van der Waals surface area (Å²) in [5.41, 5.74) is 5.77. The highest BCUT2D eigenvalue weighted by atomic mass is 32.2. The second-order valence-corrected chi connectivity index (χ2v) is 10.3. The Morgan fingerprint density at radius 1 is 0.972 bits per heavy atom. The molecule has 0 radical (unpaired) electrons. The fourth-order valence-electron chi connectivity index (χ4n) is 3.54. The lowest BCUT2D eigenvalue weighted by molar-refractivity contribution is 0.0955. The Hall–Kier alpha value is -3.65. The number of anilines is 1. The second-order valence-electron chi connectivity index (χ2n) is 8.63. The van der Waals surface area contributed by atoms with E-state index < -0.39 is 15.9 Å². The molecule has 2 N–H and O–H groups in total. The lowest BCUT2D eigenvalue weighted by Gasteiger charge is -2.12. The van der Waals surface area contributed by atoms with Crippen LogP contribution in [0.2, 0.25) is 0 Å². The predicted octanol–water partition coefficient (Wildman–Crippen LogP) is 5.83. The highest BCUT2D eigenvalue weighted by Crippen LogP contribution is 2.21. The Morgan fingerprint density at radius 3 is 2.47 bits per heavy atom. The van der Waals surface area contributed by atoms with Crippen LogP contribution in [0.15, 0.2) is 76.7 Å². The van der Waals surface area contributed by atoms with Gasteiger partial charge in [-0.15, -0.1) is 0 Å². The Labute approximate surface area is 213 Å². The lowest BCUT2D eigenvalue weighted by Crippen LogP contribution is -2.19. The van der Waals surface area contributed by atoms with E-state index in [1.54, 1.807) is 6.07 Å². The van der Waals surface area contributed by atoms with Crippen LogP contribution in [0.1, 0.15) is 59.7 Å². The van der Waals surface area contributed by atoms with Gasteiger partial charge in [0.05, 0.1) is 23.4 Å². The molecule has 0 heterocycles. The number of ether oxygens (including phenoxy) is 1. The first-order chi connectivity index (χ1) is 17.3. The molecule has 0 unspecified atom stereocenters. The van der Waals surface area contributed by atoms with Crippen LogP contribution in [-0.4, -0.2) is 27.1 Å². The molecule has 0 spiro atoms. The van der Waals surface area contributed by atoms with Crippen LogP contribution in [0.25, 0.3) is 0 Å². The van der Waals surface area contributed by atoms with Crippen LogP contribution in [0.3, 0.4) is 0 Å². The molecule has 3 aromatic carbocycles. The normalized spacial score (nSPS) is 11.4. The number of nitrogens with zero attached hydrogens (tertiary/aromatic N) is 1. The zero-order valence-corrected chi connectivity index (χ0v) is 21.8. The number of rotatable bonds is 12. The quantitative estimate of drug-likeness (QED) is 0.183. The van der Waals surface area contributed by atoms with E-state index >= 15 is 0 Å². The molecule has 0 aliphatic carbocycles. The molecule has 0 saturated carbocycles. The van der Waals surface area contributed by atoms with Gasteiger partial charge in [-0.2, -0.15) is 5.10 Å². The average molecular weight is 508 g/mol. The molecule has 36 heavy (non-hydrogen) atoms. The van der Waals surface area contributed by atoms with Crippen molar-refractivity contribution < 1.29 is 17.9 Å². The summed E-state index contributed by atoms with van der Waals surface area (Å²) in [6.07, 6.45) is 6.13. The summed E-state index contributed by atoms with van der Waals surface area (Å²) in [6.45, 7) is 6.65. The summed E-state index contributed by atoms with van der Waals surface area (Å²) in [5, 5.41) is 3.99. The number of hydrogen-bond acceptors (Lipinski definition) is 5. The van der Waals surface area contributed by atoms with Crippen molar-refractivity contribution in [3.8, 4) is 5.75 Å². The van der Waals surface area contributed by atoms with E-state index in [1.165, 1.54) is 49.7 Å². The minimum Gasteiger partial charge on any atom is -0.494 e. The summed E-state index contributed by atoms with van der Waals surface area (Å²) in [6, 6.07) is 18.7. The molecule has 0 bridgehead atoms. The Kier molecular flexibility index (Phi) is 9.64. The number of sulfonamides is 1. The van der Waals surface area contributed by atoms with Gasteiger partial charge in [0, 0.05) is 5.56 Å². The molecule has 1 amide bonds. The molecule has 3 rings (SSSR count). The third-order valence-corrected chi connectivity index (χ3v) is 6.92. The summed E-state index contributed by atoms with van der Waals surface area (Å²) in [4.78, 5) is 12.5. The first kappa shape index (κ1) is 26.9. The zero-order chi connectivity index (χ0) is 26.0. The fourth-order valence-corrected chi connectivity index (χ4v) is 4.71. The van der Waals surface area contributed by atoms with Gasteiger partial charge in [0.2, 0.25) is 0 Å². The minimum absolute atomic E-state index is 0.00983. The van der Waals surface area contributed by atoms with Gasteiger partial charge >= 0.3 is 0 Å². The second kappa shape index (κ2) is 12.9. The molecule has 7 nitrogen and oxygen atoms in total. The molecule has 190 valence electrons. The van der Waals surface area contributed by atoms with Crippen molar-refractivity contribution in [1.29, 1.82) is 0 Å². The van der Waals surface area contributed by atoms with E-state index in [1.807, 2.05) is 50.2 Å². The topological polar surface area (TPSA) is 96.9 Å². The lowest BCUT2D eigenvalue weighted by atomic mass is 10.1. The number of carbonyl (C=O) groups excluding carboxylic acids is 1. The standard InChI is InChI=1S/C28H33N3O4S/c1-4-5-6-7-17-35-25-14-12-23(13-15-25)20-29-30-28(32)24-9-8-10-26(19-24)36(33,34)31-27-16-11-21(2)18-22(27)3/h8-16,18-20,31H,4-7,17H2,1-3H3,(H,30,32)/b29-20-. The summed E-state index contributed by atoms with van der Waals surface area (Å²) < 4.78 is 34.1. The summed E-state index contributed by atoms with van der Waals surface area (Å²) in [5.74, 6) is 0.280. The van der Waals surface area contributed by atoms with E-state index in [0.29, 0.717) is 12.3 Å². The first-order valence-corrected chi connectivity index (χ1v) is 13.5. The molecule has 0 saturated heterocycles. The molecular formula is C28H33N3O4S. The number of unbranched alkanes of at least 4 members (excludes halogenated alkanes) is 3. The minimum atomic E-state index is -3.86. The van der Waals surface area contributed by atoms with Crippen molar-refractivity contribution in [3.05, 3.63) is 89.0 Å². The number of amides is 1. The molecule has 8 heteroatoms. The van der Waals surface area contributed by atoms with Gasteiger partial charge in [0.15, 0.2) is 0 Å². The van der Waals surface area contributed by atoms with Crippen LogP contribution in [0.5, 0.6) is 5.75 Å². The smallest absolute Gasteiger partial charge is 0.271 e. The molecule has 0 aliphatic rings. The maximum atomic E-state index is 12.9. The predicted molar refractivity (Wildman–Crippen MR) is 144 cm³/mol. The maximum absolute atomic E-state index is 12.9. The highest BCUT2D eigenvalue weighted by Gasteiger charge is 2.17. The van der Waals surface area contributed by atoms with E-state index in [9.17, 15) is 13.2 Å². The monoisotopic (exact) mass is 507 g/mol. The Morgan fingerprint density at radius 2 is 1.75 bits per heavy atom. The zero-order valence-electron chi connectivity index (χ0n) is 21.0. The van der Waals surface area contributed by atoms with Crippen molar-refractivity contribution in [3.63, 3.8) is 0 Å². The molecule has 0 aromatic heterocycles. The van der Waals surface area contributed by atoms with Gasteiger partial charge in [-0.1, -0.05) is 49.9 Å². The average Bonchev–Trinajstić information content (AvgIpc) is 2.86. The Bertz CT molecular complexity index is 1300. The van der Waals surface area contributed by atoms with Crippen molar-refractivity contribution in [2.75, 3.05) is 11.3 Å². The fraction of sp³-hybridized carbons (Fsp3) is 0.286. The number of nitrogens with one attached hydrogen (secondary N) is 2. The summed E-state index contributed by atoms with van der Waals surface area (Å²) >= 11 is 0.